The predicted octanol–water partition coefficient (Wildman–Crippen LogP) is 4.44. The first-order valence-electron chi connectivity index (χ1n) is 2.91. The molecule has 0 aliphatic heterocycles. The van der Waals surface area contributed by atoms with Crippen molar-refractivity contribution in [2.24, 2.45) is 0 Å². The van der Waals surface area contributed by atoms with Crippen LogP contribution in [0.3, 0.4) is 0 Å². The van der Waals surface area contributed by atoms with Gasteiger partial charge >= 0.3 is 0 Å². The number of anilines is 2. The molecule has 6 heteroatoms. The van der Waals surface area contributed by atoms with Crippen LogP contribution in [0.25, 0.3) is 0 Å². The van der Waals surface area contributed by atoms with Crippen LogP contribution in [0.5, 0.6) is 0 Å². The summed E-state index contributed by atoms with van der Waals surface area (Å²) in [6.45, 7) is 0. The zero-order valence-electron chi connectivity index (χ0n) is 5.67. The van der Waals surface area contributed by atoms with Gasteiger partial charge in [0.05, 0.1) is 21.4 Å². The van der Waals surface area contributed by atoms with Gasteiger partial charge in [0, 0.05) is 32.3 Å². The Balaban J connectivity index is 3.19. The Kier molecular flexibility index (Phi) is 3.96. The number of rotatable bonds is 2. The third-order valence-corrected chi connectivity index (χ3v) is 2.84. The zero-order chi connectivity index (χ0) is 9.14. The number of hydrogen-bond donors (Lipinski definition) is 2. The predicted molar refractivity (Wildman–Crippen MR) is 61.6 cm³/mol. The summed E-state index contributed by atoms with van der Waals surface area (Å²) in [7, 11) is 0. The van der Waals surface area contributed by atoms with Crippen LogP contribution in [0.1, 0.15) is 0 Å². The third kappa shape index (κ3) is 2.19. The van der Waals surface area contributed by atoms with Crippen molar-refractivity contribution in [1.82, 2.24) is 0 Å². The highest BCUT2D eigenvalue weighted by molar-refractivity contribution is 9.10. The van der Waals surface area contributed by atoms with Crippen LogP contribution in [0.4, 0.5) is 11.4 Å². The summed E-state index contributed by atoms with van der Waals surface area (Å²) in [6, 6.07) is 3.42. The molecular weight excluding hydrogens is 331 g/mol. The van der Waals surface area contributed by atoms with Crippen molar-refractivity contribution >= 4 is 66.9 Å². The molecule has 0 aromatic heterocycles. The number of benzene rings is 1. The minimum atomic E-state index is 0.505. The maximum atomic E-state index is 5.79. The van der Waals surface area contributed by atoms with Gasteiger partial charge in [0.25, 0.3) is 0 Å². The maximum absolute atomic E-state index is 5.79. The fourth-order valence-corrected chi connectivity index (χ4v) is 1.69. The zero-order valence-corrected chi connectivity index (χ0v) is 10.4. The highest BCUT2D eigenvalue weighted by Gasteiger charge is 2.05. The van der Waals surface area contributed by atoms with Gasteiger partial charge in [-0.2, -0.15) is 0 Å². The minimum Gasteiger partial charge on any atom is -0.320 e. The van der Waals surface area contributed by atoms with E-state index in [1.54, 1.807) is 12.1 Å². The van der Waals surface area contributed by atoms with E-state index in [0.29, 0.717) is 10.0 Å². The van der Waals surface area contributed by atoms with Crippen LogP contribution < -0.4 is 8.69 Å². The molecule has 1 rings (SSSR count). The second-order valence-electron chi connectivity index (χ2n) is 2.00. The monoisotopic (exact) mass is 332 g/mol. The SMILES string of the molecule is Clc1cc(NBr)c(NBr)cc1Cl. The average molecular weight is 335 g/mol. The second-order valence-corrected chi connectivity index (χ2v) is 3.61. The molecule has 0 aliphatic carbocycles. The molecule has 0 bridgehead atoms. The van der Waals surface area contributed by atoms with E-state index in [4.69, 9.17) is 23.2 Å². The van der Waals surface area contributed by atoms with Gasteiger partial charge in [-0.25, -0.2) is 0 Å². The summed E-state index contributed by atoms with van der Waals surface area (Å²) in [5, 5.41) is 1.01. The lowest BCUT2D eigenvalue weighted by Gasteiger charge is -2.07. The Morgan fingerprint density at radius 2 is 1.25 bits per heavy atom. The van der Waals surface area contributed by atoms with Crippen molar-refractivity contribution in [3.05, 3.63) is 22.2 Å². The van der Waals surface area contributed by atoms with Crippen molar-refractivity contribution in [3.63, 3.8) is 0 Å². The highest BCUT2D eigenvalue weighted by Crippen LogP contribution is 2.33. The van der Waals surface area contributed by atoms with E-state index in [2.05, 4.69) is 41.0 Å². The minimum absolute atomic E-state index is 0.505. The van der Waals surface area contributed by atoms with Crippen LogP contribution in [0, 0.1) is 0 Å². The molecule has 0 saturated heterocycles. The van der Waals surface area contributed by atoms with Gasteiger partial charge in [-0.1, -0.05) is 23.2 Å². The molecule has 1 aromatic carbocycles. The first kappa shape index (κ1) is 10.4. The Morgan fingerprint density at radius 1 is 0.917 bits per heavy atom. The molecule has 1 aromatic rings. The molecule has 12 heavy (non-hydrogen) atoms. The molecule has 0 unspecified atom stereocenters. The van der Waals surface area contributed by atoms with Crippen LogP contribution in [-0.2, 0) is 0 Å². The molecule has 2 nitrogen and oxygen atoms in total. The van der Waals surface area contributed by atoms with E-state index in [1.165, 1.54) is 0 Å². The van der Waals surface area contributed by atoms with Crippen LogP contribution in [-0.4, -0.2) is 0 Å². The van der Waals surface area contributed by atoms with Gasteiger partial charge < -0.3 is 8.69 Å². The van der Waals surface area contributed by atoms with E-state index >= 15 is 0 Å². The Hall–Kier alpha value is 0.360. The van der Waals surface area contributed by atoms with Gasteiger partial charge in [0.15, 0.2) is 0 Å². The Labute approximate surface area is 97.3 Å². The van der Waals surface area contributed by atoms with Crippen LogP contribution in [0.15, 0.2) is 12.1 Å². The Bertz CT molecular complexity index is 264. The lowest BCUT2D eigenvalue weighted by atomic mass is 10.3. The van der Waals surface area contributed by atoms with Gasteiger partial charge in [0.1, 0.15) is 0 Å². The largest absolute Gasteiger partial charge is 0.320 e. The molecule has 0 radical (unpaired) electrons. The number of nitrogens with one attached hydrogen (secondary N) is 2. The van der Waals surface area contributed by atoms with Crippen molar-refractivity contribution in [2.45, 2.75) is 0 Å². The van der Waals surface area contributed by atoms with E-state index in [1.807, 2.05) is 0 Å². The molecular formula is C6H4Br2Cl2N2. The second kappa shape index (κ2) is 4.56. The van der Waals surface area contributed by atoms with Gasteiger partial charge in [-0.3, -0.25) is 0 Å². The third-order valence-electron chi connectivity index (χ3n) is 1.26. The molecule has 0 atom stereocenters. The quantitative estimate of drug-likeness (QED) is 0.781. The van der Waals surface area contributed by atoms with Gasteiger partial charge in [0.2, 0.25) is 0 Å². The van der Waals surface area contributed by atoms with E-state index in [-0.39, 0.29) is 0 Å². The van der Waals surface area contributed by atoms with E-state index < -0.39 is 0 Å². The van der Waals surface area contributed by atoms with Crippen molar-refractivity contribution in [2.75, 3.05) is 8.69 Å². The lowest BCUT2D eigenvalue weighted by molar-refractivity contribution is 1.67. The summed E-state index contributed by atoms with van der Waals surface area (Å²) in [5.74, 6) is 0. The highest BCUT2D eigenvalue weighted by atomic mass is 79.9. The molecule has 0 fully saturated rings. The average Bonchev–Trinajstić information content (AvgIpc) is 2.09. The van der Waals surface area contributed by atoms with Crippen molar-refractivity contribution < 1.29 is 0 Å². The topological polar surface area (TPSA) is 24.1 Å². The molecule has 0 saturated carbocycles. The summed E-state index contributed by atoms with van der Waals surface area (Å²) in [4.78, 5) is 0. The van der Waals surface area contributed by atoms with E-state index in [0.717, 1.165) is 11.4 Å². The normalized spacial score (nSPS) is 9.67. The van der Waals surface area contributed by atoms with Crippen molar-refractivity contribution in [3.8, 4) is 0 Å². The van der Waals surface area contributed by atoms with Gasteiger partial charge in [-0.15, -0.1) is 0 Å². The van der Waals surface area contributed by atoms with Crippen molar-refractivity contribution in [1.29, 1.82) is 0 Å². The molecule has 0 aliphatic rings. The molecule has 66 valence electrons. The molecule has 0 heterocycles. The molecule has 0 amide bonds. The summed E-state index contributed by atoms with van der Waals surface area (Å²) in [6.07, 6.45) is 0. The Morgan fingerprint density at radius 3 is 1.50 bits per heavy atom. The number of halogens is 4. The molecule has 2 N–H and O–H groups in total. The standard InChI is InChI=1S/C6H4Br2Cl2N2/c7-11-5-1-3(9)4(10)2-6(5)12-8/h1-2,11-12H. The first-order valence-corrected chi connectivity index (χ1v) is 5.25. The van der Waals surface area contributed by atoms with E-state index in [9.17, 15) is 0 Å². The smallest absolute Gasteiger partial charge is 0.0699 e. The van der Waals surface area contributed by atoms with Crippen LogP contribution >= 0.6 is 55.5 Å². The summed E-state index contributed by atoms with van der Waals surface area (Å²) in [5.41, 5.74) is 1.61. The lowest BCUT2D eigenvalue weighted by Crippen LogP contribution is -1.87. The first-order chi connectivity index (χ1) is 5.69. The van der Waals surface area contributed by atoms with Crippen LogP contribution in [0.2, 0.25) is 10.0 Å². The summed E-state index contributed by atoms with van der Waals surface area (Å²) < 4.78 is 5.58. The van der Waals surface area contributed by atoms with Gasteiger partial charge in [-0.05, 0) is 12.1 Å². The maximum Gasteiger partial charge on any atom is 0.0699 e. The fraction of sp³-hybridized carbons (Fsp3) is 0. The molecule has 0 spiro atoms. The number of hydrogen-bond acceptors (Lipinski definition) is 2. The summed E-state index contributed by atoms with van der Waals surface area (Å²) >= 11 is 17.8. The fourth-order valence-electron chi connectivity index (χ4n) is 0.703.